The molecule has 0 saturated heterocycles. The highest BCUT2D eigenvalue weighted by Crippen LogP contribution is 2.29. The van der Waals surface area contributed by atoms with E-state index in [4.69, 9.17) is 0 Å². The van der Waals surface area contributed by atoms with Gasteiger partial charge in [-0.1, -0.05) is 12.2 Å². The lowest BCUT2D eigenvalue weighted by Crippen LogP contribution is -2.28. The second kappa shape index (κ2) is 5.98. The van der Waals surface area contributed by atoms with Gasteiger partial charge in [-0.05, 0) is 56.8 Å². The van der Waals surface area contributed by atoms with E-state index in [1.807, 2.05) is 0 Å². The summed E-state index contributed by atoms with van der Waals surface area (Å²) in [5.74, 6) is 0.898. The summed E-state index contributed by atoms with van der Waals surface area (Å²) in [5, 5.41) is 28.6. The molecule has 0 bridgehead atoms. The summed E-state index contributed by atoms with van der Waals surface area (Å²) in [6, 6.07) is 0. The molecule has 3 N–H and O–H groups in total. The Hall–Kier alpha value is -0.380. The van der Waals surface area contributed by atoms with Crippen molar-refractivity contribution in [1.82, 2.24) is 0 Å². The first-order valence-corrected chi connectivity index (χ1v) is 6.86. The predicted octanol–water partition coefficient (Wildman–Crippen LogP) is 1.62. The molecule has 0 aromatic rings. The van der Waals surface area contributed by atoms with Crippen LogP contribution in [0.15, 0.2) is 12.2 Å². The van der Waals surface area contributed by atoms with Gasteiger partial charge in [0.2, 0.25) is 0 Å². The van der Waals surface area contributed by atoms with E-state index in [9.17, 15) is 15.3 Å². The van der Waals surface area contributed by atoms with Gasteiger partial charge in [0.15, 0.2) is 0 Å². The van der Waals surface area contributed by atoms with Crippen LogP contribution in [-0.4, -0.2) is 33.6 Å². The molecule has 0 aliphatic heterocycles. The molecule has 2 aliphatic carbocycles. The third-order valence-corrected chi connectivity index (χ3v) is 4.09. The van der Waals surface area contributed by atoms with E-state index in [-0.39, 0.29) is 18.3 Å². The molecule has 2 fully saturated rings. The maximum Gasteiger partial charge on any atom is 0.0570 e. The smallest absolute Gasteiger partial charge is 0.0570 e. The molecule has 17 heavy (non-hydrogen) atoms. The van der Waals surface area contributed by atoms with Crippen molar-refractivity contribution in [3.8, 4) is 0 Å². The molecule has 2 aliphatic rings. The first kappa shape index (κ1) is 13.1. The first-order valence-electron chi connectivity index (χ1n) is 6.86. The Labute approximate surface area is 103 Å². The highest BCUT2D eigenvalue weighted by molar-refractivity contribution is 4.97. The predicted molar refractivity (Wildman–Crippen MR) is 66.5 cm³/mol. The van der Waals surface area contributed by atoms with Crippen molar-refractivity contribution < 1.29 is 15.3 Å². The summed E-state index contributed by atoms with van der Waals surface area (Å²) in [5.41, 5.74) is 0. The van der Waals surface area contributed by atoms with Crippen LogP contribution in [0.4, 0.5) is 0 Å². The number of rotatable bonds is 2. The Kier molecular flexibility index (Phi) is 4.60. The largest absolute Gasteiger partial charge is 0.393 e. The zero-order valence-electron chi connectivity index (χ0n) is 10.3. The van der Waals surface area contributed by atoms with Crippen molar-refractivity contribution in [2.45, 2.75) is 63.3 Å². The summed E-state index contributed by atoms with van der Waals surface area (Å²) in [7, 11) is 0. The van der Waals surface area contributed by atoms with Gasteiger partial charge in [0.05, 0.1) is 18.3 Å². The molecule has 3 heteroatoms. The van der Waals surface area contributed by atoms with Crippen LogP contribution in [0.5, 0.6) is 0 Å². The fraction of sp³-hybridized carbons (Fsp3) is 0.857. The highest BCUT2D eigenvalue weighted by atomic mass is 16.3. The van der Waals surface area contributed by atoms with Gasteiger partial charge < -0.3 is 15.3 Å². The Balaban J connectivity index is 1.79. The lowest BCUT2D eigenvalue weighted by atomic mass is 9.82. The van der Waals surface area contributed by atoms with Gasteiger partial charge in [-0.3, -0.25) is 0 Å². The lowest BCUT2D eigenvalue weighted by Gasteiger charge is -2.28. The van der Waals surface area contributed by atoms with E-state index >= 15 is 0 Å². The Bertz CT molecular complexity index is 246. The van der Waals surface area contributed by atoms with Gasteiger partial charge in [0.25, 0.3) is 0 Å². The topological polar surface area (TPSA) is 60.7 Å². The minimum absolute atomic E-state index is 0.0991. The molecule has 98 valence electrons. The molecule has 0 spiro atoms. The molecule has 0 amide bonds. The van der Waals surface area contributed by atoms with Crippen LogP contribution in [-0.2, 0) is 0 Å². The quantitative estimate of drug-likeness (QED) is 0.643. The van der Waals surface area contributed by atoms with E-state index in [1.54, 1.807) is 0 Å². The minimum Gasteiger partial charge on any atom is -0.393 e. The molecule has 2 saturated carbocycles. The fourth-order valence-corrected chi connectivity index (χ4v) is 3.07. The molecule has 2 rings (SSSR count). The fourth-order valence-electron chi connectivity index (χ4n) is 3.07. The van der Waals surface area contributed by atoms with Crippen molar-refractivity contribution in [1.29, 1.82) is 0 Å². The van der Waals surface area contributed by atoms with Crippen molar-refractivity contribution in [2.24, 2.45) is 11.8 Å². The van der Waals surface area contributed by atoms with Gasteiger partial charge in [-0.15, -0.1) is 0 Å². The maximum atomic E-state index is 9.59. The molecule has 0 aromatic heterocycles. The zero-order chi connectivity index (χ0) is 12.3. The Morgan fingerprint density at radius 1 is 0.588 bits per heavy atom. The van der Waals surface area contributed by atoms with Crippen LogP contribution in [0.1, 0.15) is 44.9 Å². The molecular weight excluding hydrogens is 216 g/mol. The first-order chi connectivity index (χ1) is 8.13. The van der Waals surface area contributed by atoms with Crippen LogP contribution in [0.25, 0.3) is 0 Å². The van der Waals surface area contributed by atoms with E-state index in [2.05, 4.69) is 12.2 Å². The van der Waals surface area contributed by atoms with Crippen LogP contribution in [0.3, 0.4) is 0 Å². The molecule has 0 aromatic carbocycles. The average Bonchev–Trinajstić information content (AvgIpc) is 2.27. The number of allylic oxidation sites excluding steroid dienone is 2. The van der Waals surface area contributed by atoms with Gasteiger partial charge in [-0.25, -0.2) is 0 Å². The molecule has 0 radical (unpaired) electrons. The number of hydrogen-bond acceptors (Lipinski definition) is 3. The Morgan fingerprint density at radius 3 is 1.71 bits per heavy atom. The van der Waals surface area contributed by atoms with Gasteiger partial charge >= 0.3 is 0 Å². The number of aliphatic hydroxyl groups excluding tert-OH is 3. The van der Waals surface area contributed by atoms with E-state index in [1.165, 1.54) is 0 Å². The summed E-state index contributed by atoms with van der Waals surface area (Å²) in [4.78, 5) is 0. The maximum absolute atomic E-state index is 9.59. The summed E-state index contributed by atoms with van der Waals surface area (Å²) >= 11 is 0. The van der Waals surface area contributed by atoms with Gasteiger partial charge in [0.1, 0.15) is 0 Å². The van der Waals surface area contributed by atoms with Crippen LogP contribution in [0.2, 0.25) is 0 Å². The SMILES string of the molecule is OC1CCC(/C=C\C2C[C@@H](O)C[C@@H](O)C2)CC1. The summed E-state index contributed by atoms with van der Waals surface area (Å²) in [6.07, 6.45) is 9.66. The third kappa shape index (κ3) is 4.09. The molecule has 0 heterocycles. The normalized spacial score (nSPS) is 44.1. The number of hydrogen-bond donors (Lipinski definition) is 3. The average molecular weight is 240 g/mol. The highest BCUT2D eigenvalue weighted by Gasteiger charge is 2.25. The molecule has 1 unspecified atom stereocenters. The standard InChI is InChI=1S/C14H24O3/c15-12-5-3-10(4-6-12)1-2-11-7-13(16)9-14(17)8-11/h1-2,10-17H,3-9H2/b2-1-/t10?,11?,12?,13-,14+. The van der Waals surface area contributed by atoms with Crippen molar-refractivity contribution in [2.75, 3.05) is 0 Å². The lowest BCUT2D eigenvalue weighted by molar-refractivity contribution is 0.0243. The Morgan fingerprint density at radius 2 is 1.12 bits per heavy atom. The van der Waals surface area contributed by atoms with Crippen molar-refractivity contribution >= 4 is 0 Å². The van der Waals surface area contributed by atoms with E-state index in [0.29, 0.717) is 18.3 Å². The van der Waals surface area contributed by atoms with Crippen LogP contribution >= 0.6 is 0 Å². The van der Waals surface area contributed by atoms with Crippen molar-refractivity contribution in [3.05, 3.63) is 12.2 Å². The molecule has 3 nitrogen and oxygen atoms in total. The third-order valence-electron chi connectivity index (χ3n) is 4.09. The second-order valence-corrected chi connectivity index (χ2v) is 5.73. The van der Waals surface area contributed by atoms with E-state index in [0.717, 1.165) is 38.5 Å². The van der Waals surface area contributed by atoms with Gasteiger partial charge in [-0.2, -0.15) is 0 Å². The minimum atomic E-state index is -0.346. The van der Waals surface area contributed by atoms with Gasteiger partial charge in [0, 0.05) is 0 Å². The summed E-state index contributed by atoms with van der Waals surface area (Å²) in [6.45, 7) is 0. The van der Waals surface area contributed by atoms with Crippen LogP contribution < -0.4 is 0 Å². The molecule has 3 atom stereocenters. The number of aliphatic hydroxyl groups is 3. The zero-order valence-corrected chi connectivity index (χ0v) is 10.3. The molecular formula is C14H24O3. The summed E-state index contributed by atoms with van der Waals surface area (Å²) < 4.78 is 0. The van der Waals surface area contributed by atoms with Crippen molar-refractivity contribution in [3.63, 3.8) is 0 Å². The monoisotopic (exact) mass is 240 g/mol. The second-order valence-electron chi connectivity index (χ2n) is 5.73. The van der Waals surface area contributed by atoms with E-state index < -0.39 is 0 Å². The van der Waals surface area contributed by atoms with Crippen LogP contribution in [0, 0.1) is 11.8 Å².